The highest BCUT2D eigenvalue weighted by atomic mass is 16.5. The maximum Gasteiger partial charge on any atom is 0.0589 e. The summed E-state index contributed by atoms with van der Waals surface area (Å²) in [5, 5.41) is 3.39. The maximum absolute atomic E-state index is 5.09. The molecule has 0 amide bonds. The molecule has 1 saturated heterocycles. The molecule has 1 unspecified atom stereocenters. The molecule has 1 fully saturated rings. The third-order valence-electron chi connectivity index (χ3n) is 2.68. The highest BCUT2D eigenvalue weighted by Crippen LogP contribution is 2.09. The monoisotopic (exact) mass is 198 g/mol. The van der Waals surface area contributed by atoms with Crippen molar-refractivity contribution in [3.63, 3.8) is 0 Å². The van der Waals surface area contributed by atoms with Gasteiger partial charge in [0.25, 0.3) is 0 Å². The lowest BCUT2D eigenvalue weighted by molar-refractivity contribution is 0.146. The molecular formula is C11H22N2O. The van der Waals surface area contributed by atoms with Crippen molar-refractivity contribution in [2.75, 3.05) is 46.4 Å². The SMILES string of the molecule is C=CCN(CCOC)CC1CCNC1. The van der Waals surface area contributed by atoms with E-state index in [-0.39, 0.29) is 0 Å². The van der Waals surface area contributed by atoms with E-state index in [2.05, 4.69) is 16.8 Å². The minimum atomic E-state index is 0.812. The zero-order valence-electron chi connectivity index (χ0n) is 9.17. The van der Waals surface area contributed by atoms with E-state index >= 15 is 0 Å². The summed E-state index contributed by atoms with van der Waals surface area (Å²) < 4.78 is 5.09. The Hall–Kier alpha value is -0.380. The minimum Gasteiger partial charge on any atom is -0.383 e. The van der Waals surface area contributed by atoms with Gasteiger partial charge >= 0.3 is 0 Å². The van der Waals surface area contributed by atoms with Gasteiger partial charge in [-0.1, -0.05) is 6.08 Å². The van der Waals surface area contributed by atoms with Crippen LogP contribution in [0.25, 0.3) is 0 Å². The first-order valence-corrected chi connectivity index (χ1v) is 5.39. The molecule has 1 N–H and O–H groups in total. The normalized spacial score (nSPS) is 21.7. The highest BCUT2D eigenvalue weighted by molar-refractivity contribution is 4.79. The van der Waals surface area contributed by atoms with Gasteiger partial charge in [-0.25, -0.2) is 0 Å². The quantitative estimate of drug-likeness (QED) is 0.610. The third kappa shape index (κ3) is 4.22. The predicted octanol–water partition coefficient (Wildman–Crippen LogP) is 0.730. The van der Waals surface area contributed by atoms with Crippen LogP contribution in [0.15, 0.2) is 12.7 Å². The van der Waals surface area contributed by atoms with Crippen LogP contribution in [0.1, 0.15) is 6.42 Å². The van der Waals surface area contributed by atoms with Crippen molar-refractivity contribution in [3.8, 4) is 0 Å². The molecule has 1 aliphatic heterocycles. The fourth-order valence-electron chi connectivity index (χ4n) is 1.90. The van der Waals surface area contributed by atoms with Gasteiger partial charge in [-0.2, -0.15) is 0 Å². The van der Waals surface area contributed by atoms with E-state index in [4.69, 9.17) is 4.74 Å². The summed E-state index contributed by atoms with van der Waals surface area (Å²) in [6, 6.07) is 0. The summed E-state index contributed by atoms with van der Waals surface area (Å²) in [5.74, 6) is 0.812. The number of rotatable bonds is 7. The van der Waals surface area contributed by atoms with Crippen LogP contribution in [0.2, 0.25) is 0 Å². The first-order valence-electron chi connectivity index (χ1n) is 5.39. The van der Waals surface area contributed by atoms with Gasteiger partial charge in [0.1, 0.15) is 0 Å². The van der Waals surface area contributed by atoms with Crippen molar-refractivity contribution >= 4 is 0 Å². The molecule has 82 valence electrons. The number of ether oxygens (including phenoxy) is 1. The Labute approximate surface area is 87.1 Å². The van der Waals surface area contributed by atoms with Crippen LogP contribution in [0.3, 0.4) is 0 Å². The molecular weight excluding hydrogens is 176 g/mol. The van der Waals surface area contributed by atoms with Crippen LogP contribution in [-0.4, -0.2) is 51.3 Å². The molecule has 3 nitrogen and oxygen atoms in total. The van der Waals surface area contributed by atoms with Gasteiger partial charge in [-0.05, 0) is 25.4 Å². The largest absolute Gasteiger partial charge is 0.383 e. The molecule has 0 aromatic rings. The first-order chi connectivity index (χ1) is 6.86. The Morgan fingerprint density at radius 3 is 3.07 bits per heavy atom. The second kappa shape index (κ2) is 6.98. The molecule has 0 aromatic heterocycles. The van der Waals surface area contributed by atoms with Gasteiger partial charge in [0, 0.05) is 26.7 Å². The molecule has 0 saturated carbocycles. The number of nitrogens with one attached hydrogen (secondary N) is 1. The summed E-state index contributed by atoms with van der Waals surface area (Å²) in [7, 11) is 1.75. The van der Waals surface area contributed by atoms with E-state index in [1.165, 1.54) is 26.1 Å². The van der Waals surface area contributed by atoms with Gasteiger partial charge < -0.3 is 10.1 Å². The Morgan fingerprint density at radius 2 is 2.50 bits per heavy atom. The van der Waals surface area contributed by atoms with Crippen molar-refractivity contribution in [3.05, 3.63) is 12.7 Å². The van der Waals surface area contributed by atoms with E-state index in [1.807, 2.05) is 6.08 Å². The Kier molecular flexibility index (Phi) is 5.83. The second-order valence-corrected chi connectivity index (χ2v) is 3.90. The van der Waals surface area contributed by atoms with Crippen LogP contribution in [0.4, 0.5) is 0 Å². The highest BCUT2D eigenvalue weighted by Gasteiger charge is 2.17. The van der Waals surface area contributed by atoms with E-state index < -0.39 is 0 Å². The number of nitrogens with zero attached hydrogens (tertiary/aromatic N) is 1. The molecule has 1 rings (SSSR count). The zero-order chi connectivity index (χ0) is 10.2. The fraction of sp³-hybridized carbons (Fsp3) is 0.818. The average molecular weight is 198 g/mol. The summed E-state index contributed by atoms with van der Waals surface area (Å²) in [5.41, 5.74) is 0. The number of hydrogen-bond acceptors (Lipinski definition) is 3. The summed E-state index contributed by atoms with van der Waals surface area (Å²) in [6.07, 6.45) is 3.28. The standard InChI is InChI=1S/C11H22N2O/c1-3-6-13(7-8-14-2)10-11-4-5-12-9-11/h3,11-12H,1,4-10H2,2H3. The lowest BCUT2D eigenvalue weighted by Crippen LogP contribution is -2.33. The molecule has 14 heavy (non-hydrogen) atoms. The van der Waals surface area contributed by atoms with Crippen molar-refractivity contribution in [1.82, 2.24) is 10.2 Å². The molecule has 1 heterocycles. The number of methoxy groups -OCH3 is 1. The minimum absolute atomic E-state index is 0.812. The van der Waals surface area contributed by atoms with Gasteiger partial charge in [0.2, 0.25) is 0 Å². The van der Waals surface area contributed by atoms with Gasteiger partial charge in [0.15, 0.2) is 0 Å². The average Bonchev–Trinajstić information content (AvgIpc) is 2.67. The molecule has 1 aliphatic rings. The molecule has 0 spiro atoms. The topological polar surface area (TPSA) is 24.5 Å². The van der Waals surface area contributed by atoms with E-state index in [0.717, 1.165) is 25.6 Å². The van der Waals surface area contributed by atoms with Crippen molar-refractivity contribution < 1.29 is 4.74 Å². The molecule has 0 aliphatic carbocycles. The molecule has 3 heteroatoms. The predicted molar refractivity (Wildman–Crippen MR) is 59.5 cm³/mol. The van der Waals surface area contributed by atoms with Crippen LogP contribution >= 0.6 is 0 Å². The lowest BCUT2D eigenvalue weighted by atomic mass is 10.1. The maximum atomic E-state index is 5.09. The van der Waals surface area contributed by atoms with Gasteiger partial charge in [-0.15, -0.1) is 6.58 Å². The summed E-state index contributed by atoms with van der Waals surface area (Å²) >= 11 is 0. The van der Waals surface area contributed by atoms with Crippen LogP contribution < -0.4 is 5.32 Å². The Bertz CT molecular complexity index is 155. The summed E-state index contributed by atoms with van der Waals surface area (Å²) in [4.78, 5) is 2.41. The van der Waals surface area contributed by atoms with E-state index in [0.29, 0.717) is 0 Å². The van der Waals surface area contributed by atoms with Crippen molar-refractivity contribution in [2.24, 2.45) is 5.92 Å². The van der Waals surface area contributed by atoms with Crippen LogP contribution in [0, 0.1) is 5.92 Å². The van der Waals surface area contributed by atoms with Crippen LogP contribution in [0.5, 0.6) is 0 Å². The van der Waals surface area contributed by atoms with Crippen LogP contribution in [-0.2, 0) is 4.74 Å². The van der Waals surface area contributed by atoms with E-state index in [9.17, 15) is 0 Å². The fourth-order valence-corrected chi connectivity index (χ4v) is 1.90. The molecule has 0 aromatic carbocycles. The third-order valence-corrected chi connectivity index (χ3v) is 2.68. The number of hydrogen-bond donors (Lipinski definition) is 1. The Morgan fingerprint density at radius 1 is 1.64 bits per heavy atom. The Balaban J connectivity index is 2.21. The molecule has 0 radical (unpaired) electrons. The van der Waals surface area contributed by atoms with E-state index in [1.54, 1.807) is 7.11 Å². The second-order valence-electron chi connectivity index (χ2n) is 3.90. The molecule has 0 bridgehead atoms. The van der Waals surface area contributed by atoms with Crippen molar-refractivity contribution in [2.45, 2.75) is 6.42 Å². The first kappa shape index (κ1) is 11.7. The molecule has 1 atom stereocenters. The van der Waals surface area contributed by atoms with Gasteiger partial charge in [-0.3, -0.25) is 4.90 Å². The van der Waals surface area contributed by atoms with Crippen molar-refractivity contribution in [1.29, 1.82) is 0 Å². The summed E-state index contributed by atoms with van der Waals surface area (Å²) in [6.45, 7) is 10.1. The lowest BCUT2D eigenvalue weighted by Gasteiger charge is -2.23. The smallest absolute Gasteiger partial charge is 0.0589 e. The zero-order valence-corrected chi connectivity index (χ0v) is 9.17. The van der Waals surface area contributed by atoms with Gasteiger partial charge in [0.05, 0.1) is 6.61 Å².